The summed E-state index contributed by atoms with van der Waals surface area (Å²) in [5, 5.41) is 0. The number of carbonyl (C=O) groups is 1. The summed E-state index contributed by atoms with van der Waals surface area (Å²) in [6.45, 7) is 1.44. The number of ether oxygens (including phenoxy) is 2. The van der Waals surface area contributed by atoms with E-state index >= 15 is 0 Å². The van der Waals surface area contributed by atoms with Crippen LogP contribution >= 0.6 is 0 Å². The fraction of sp³-hybridized carbons (Fsp3) is 0.188. The minimum absolute atomic E-state index is 0.125. The Morgan fingerprint density at radius 1 is 1.05 bits per heavy atom. The maximum absolute atomic E-state index is 14.1. The quantitative estimate of drug-likeness (QED) is 0.797. The van der Waals surface area contributed by atoms with E-state index in [-0.39, 0.29) is 11.3 Å². The fourth-order valence-electron chi connectivity index (χ4n) is 2.05. The van der Waals surface area contributed by atoms with Crippen molar-refractivity contribution in [2.75, 3.05) is 14.2 Å². The predicted octanol–water partition coefficient (Wildman–Crippen LogP) is 3.71. The number of ketones is 1. The molecular formula is C16H15FO3. The molecule has 0 fully saturated rings. The van der Waals surface area contributed by atoms with E-state index in [1.807, 2.05) is 0 Å². The van der Waals surface area contributed by atoms with Crippen LogP contribution in [0.3, 0.4) is 0 Å². The lowest BCUT2D eigenvalue weighted by atomic mass is 9.99. The molecular weight excluding hydrogens is 259 g/mol. The van der Waals surface area contributed by atoms with Gasteiger partial charge in [0.2, 0.25) is 0 Å². The number of hydrogen-bond acceptors (Lipinski definition) is 3. The largest absolute Gasteiger partial charge is 0.496 e. The third-order valence-electron chi connectivity index (χ3n) is 3.07. The zero-order valence-corrected chi connectivity index (χ0v) is 11.6. The Hall–Kier alpha value is -2.36. The zero-order valence-electron chi connectivity index (χ0n) is 11.6. The normalized spacial score (nSPS) is 10.2. The molecule has 0 aliphatic carbocycles. The molecule has 0 aliphatic rings. The van der Waals surface area contributed by atoms with Crippen LogP contribution in [-0.4, -0.2) is 20.0 Å². The van der Waals surface area contributed by atoms with E-state index < -0.39 is 5.82 Å². The number of methoxy groups -OCH3 is 2. The zero-order chi connectivity index (χ0) is 14.7. The van der Waals surface area contributed by atoms with E-state index in [0.29, 0.717) is 22.6 Å². The van der Waals surface area contributed by atoms with Gasteiger partial charge in [0.15, 0.2) is 5.78 Å². The molecule has 0 atom stereocenters. The summed E-state index contributed by atoms with van der Waals surface area (Å²) in [4.78, 5) is 11.5. The summed E-state index contributed by atoms with van der Waals surface area (Å²) in [5.74, 6) is 0.422. The first-order valence-corrected chi connectivity index (χ1v) is 6.10. The molecule has 0 bridgehead atoms. The lowest BCUT2D eigenvalue weighted by Crippen LogP contribution is -1.98. The number of Topliss-reactive ketones (excluding diaryl/α,β-unsaturated/α-hetero) is 1. The van der Waals surface area contributed by atoms with Crippen LogP contribution in [0.4, 0.5) is 4.39 Å². The molecule has 0 aliphatic heterocycles. The Labute approximate surface area is 117 Å². The highest BCUT2D eigenvalue weighted by molar-refractivity contribution is 5.96. The molecule has 0 spiro atoms. The average molecular weight is 274 g/mol. The molecule has 0 saturated heterocycles. The van der Waals surface area contributed by atoms with Gasteiger partial charge in [0, 0.05) is 11.1 Å². The van der Waals surface area contributed by atoms with E-state index in [1.54, 1.807) is 18.2 Å². The molecule has 0 radical (unpaired) electrons. The van der Waals surface area contributed by atoms with Crippen molar-refractivity contribution in [1.29, 1.82) is 0 Å². The summed E-state index contributed by atoms with van der Waals surface area (Å²) in [5.41, 5.74) is 1.22. The van der Waals surface area contributed by atoms with Gasteiger partial charge >= 0.3 is 0 Å². The first-order valence-electron chi connectivity index (χ1n) is 6.10. The second kappa shape index (κ2) is 5.74. The van der Waals surface area contributed by atoms with Crippen LogP contribution in [0, 0.1) is 5.82 Å². The van der Waals surface area contributed by atoms with Gasteiger partial charge in [-0.2, -0.15) is 0 Å². The highest BCUT2D eigenvalue weighted by Gasteiger charge is 2.17. The number of rotatable bonds is 4. The van der Waals surface area contributed by atoms with Crippen molar-refractivity contribution in [2.45, 2.75) is 6.92 Å². The van der Waals surface area contributed by atoms with Gasteiger partial charge in [-0.25, -0.2) is 4.39 Å². The molecule has 2 aromatic carbocycles. The van der Waals surface area contributed by atoms with Crippen LogP contribution in [0.25, 0.3) is 11.1 Å². The van der Waals surface area contributed by atoms with Crippen LogP contribution < -0.4 is 9.47 Å². The number of hydrogen-bond donors (Lipinski definition) is 0. The third kappa shape index (κ3) is 2.50. The first kappa shape index (κ1) is 14.1. The van der Waals surface area contributed by atoms with E-state index in [4.69, 9.17) is 9.47 Å². The Kier molecular flexibility index (Phi) is 4.03. The standard InChI is InChI=1S/C16H15FO3/c1-10(18)11-7-8-13(17)12(9-11)16-14(19-2)5-4-6-15(16)20-3/h4-9H,1-3H3. The van der Waals surface area contributed by atoms with Crippen molar-refractivity contribution < 1.29 is 18.7 Å². The summed E-state index contributed by atoms with van der Waals surface area (Å²) in [6, 6.07) is 9.45. The Bertz CT molecular complexity index is 628. The van der Waals surface area contributed by atoms with Crippen molar-refractivity contribution in [3.05, 3.63) is 47.8 Å². The number of carbonyl (C=O) groups excluding carboxylic acids is 1. The van der Waals surface area contributed by atoms with Crippen molar-refractivity contribution in [1.82, 2.24) is 0 Å². The molecule has 0 unspecified atom stereocenters. The van der Waals surface area contributed by atoms with Crippen LogP contribution in [0.15, 0.2) is 36.4 Å². The van der Waals surface area contributed by atoms with Gasteiger partial charge in [0.1, 0.15) is 17.3 Å². The molecule has 2 rings (SSSR count). The van der Waals surface area contributed by atoms with Crippen LogP contribution in [0.2, 0.25) is 0 Å². The van der Waals surface area contributed by atoms with Crippen LogP contribution in [0.1, 0.15) is 17.3 Å². The van der Waals surface area contributed by atoms with Gasteiger partial charge in [-0.05, 0) is 37.3 Å². The molecule has 4 heteroatoms. The van der Waals surface area contributed by atoms with Gasteiger partial charge < -0.3 is 9.47 Å². The number of benzene rings is 2. The minimum atomic E-state index is -0.433. The van der Waals surface area contributed by atoms with E-state index in [0.717, 1.165) is 0 Å². The lowest BCUT2D eigenvalue weighted by Gasteiger charge is -2.14. The van der Waals surface area contributed by atoms with E-state index in [1.165, 1.54) is 39.3 Å². The Balaban J connectivity index is 2.73. The Morgan fingerprint density at radius 3 is 2.15 bits per heavy atom. The summed E-state index contributed by atoms with van der Waals surface area (Å²) in [6.07, 6.45) is 0. The van der Waals surface area contributed by atoms with Crippen LogP contribution in [0.5, 0.6) is 11.5 Å². The van der Waals surface area contributed by atoms with Crippen molar-refractivity contribution in [3.63, 3.8) is 0 Å². The van der Waals surface area contributed by atoms with Gasteiger partial charge in [0.05, 0.1) is 19.8 Å². The maximum Gasteiger partial charge on any atom is 0.159 e. The lowest BCUT2D eigenvalue weighted by molar-refractivity contribution is 0.101. The SMILES string of the molecule is COc1cccc(OC)c1-c1cc(C(C)=O)ccc1F. The first-order chi connectivity index (χ1) is 9.58. The number of halogens is 1. The highest BCUT2D eigenvalue weighted by atomic mass is 19.1. The van der Waals surface area contributed by atoms with E-state index in [9.17, 15) is 9.18 Å². The van der Waals surface area contributed by atoms with Gasteiger partial charge in [-0.15, -0.1) is 0 Å². The molecule has 0 heterocycles. The summed E-state index contributed by atoms with van der Waals surface area (Å²) in [7, 11) is 3.01. The van der Waals surface area contributed by atoms with Crippen LogP contribution in [-0.2, 0) is 0 Å². The smallest absolute Gasteiger partial charge is 0.159 e. The fourth-order valence-corrected chi connectivity index (χ4v) is 2.05. The molecule has 0 saturated carbocycles. The molecule has 20 heavy (non-hydrogen) atoms. The minimum Gasteiger partial charge on any atom is -0.496 e. The highest BCUT2D eigenvalue weighted by Crippen LogP contribution is 2.39. The predicted molar refractivity (Wildman–Crippen MR) is 74.9 cm³/mol. The molecule has 2 aromatic rings. The Morgan fingerprint density at radius 2 is 1.65 bits per heavy atom. The topological polar surface area (TPSA) is 35.5 Å². The molecule has 0 N–H and O–H groups in total. The molecule has 104 valence electrons. The average Bonchev–Trinajstić information content (AvgIpc) is 2.46. The summed E-state index contributed by atoms with van der Waals surface area (Å²) < 4.78 is 24.7. The van der Waals surface area contributed by atoms with Crippen molar-refractivity contribution >= 4 is 5.78 Å². The van der Waals surface area contributed by atoms with Crippen molar-refractivity contribution in [3.8, 4) is 22.6 Å². The summed E-state index contributed by atoms with van der Waals surface area (Å²) >= 11 is 0. The molecule has 0 aromatic heterocycles. The second-order valence-corrected chi connectivity index (χ2v) is 4.29. The van der Waals surface area contributed by atoms with E-state index in [2.05, 4.69) is 0 Å². The van der Waals surface area contributed by atoms with Gasteiger partial charge in [0.25, 0.3) is 0 Å². The maximum atomic E-state index is 14.1. The monoisotopic (exact) mass is 274 g/mol. The molecule has 0 amide bonds. The van der Waals surface area contributed by atoms with Gasteiger partial charge in [-0.3, -0.25) is 4.79 Å². The molecule has 3 nitrogen and oxygen atoms in total. The third-order valence-corrected chi connectivity index (χ3v) is 3.07. The van der Waals surface area contributed by atoms with Gasteiger partial charge in [-0.1, -0.05) is 6.07 Å². The van der Waals surface area contributed by atoms with Crippen molar-refractivity contribution in [2.24, 2.45) is 0 Å². The second-order valence-electron chi connectivity index (χ2n) is 4.29.